The monoisotopic (exact) mass is 492 g/mol. The van der Waals surface area contributed by atoms with E-state index >= 15 is 0 Å². The lowest BCUT2D eigenvalue weighted by molar-refractivity contribution is -0.0295. The zero-order valence-electron chi connectivity index (χ0n) is 19.5. The molecule has 186 valence electrons. The van der Waals surface area contributed by atoms with Gasteiger partial charge in [0.25, 0.3) is 5.56 Å². The summed E-state index contributed by atoms with van der Waals surface area (Å²) >= 11 is 0. The van der Waals surface area contributed by atoms with Gasteiger partial charge in [-0.25, -0.2) is 18.7 Å². The summed E-state index contributed by atoms with van der Waals surface area (Å²) in [4.78, 5) is 33.9. The Hall–Kier alpha value is -4.06. The molecule has 1 fully saturated rings. The molecule has 4 aromatic rings. The molecule has 0 unspecified atom stereocenters. The van der Waals surface area contributed by atoms with Crippen LogP contribution in [0.25, 0.3) is 16.9 Å². The molecule has 12 heteroatoms. The number of fused-ring (bicyclic) bond motifs is 2. The van der Waals surface area contributed by atoms with E-state index in [1.165, 1.54) is 33.7 Å². The SMILES string of the molecule is O=C(N1CCC(O)(Cn2cnn3c(-c4ccc(F)cc4)cnc3c2=O)CC1)N1CCc2cn[nH]c2C1. The summed E-state index contributed by atoms with van der Waals surface area (Å²) in [5.74, 6) is -0.355. The highest BCUT2D eigenvalue weighted by Gasteiger charge is 2.36. The highest BCUT2D eigenvalue weighted by molar-refractivity contribution is 5.75. The second-order valence-corrected chi connectivity index (χ2v) is 9.49. The van der Waals surface area contributed by atoms with Gasteiger partial charge in [0.05, 0.1) is 42.5 Å². The quantitative estimate of drug-likeness (QED) is 0.446. The summed E-state index contributed by atoms with van der Waals surface area (Å²) < 4.78 is 16.1. The minimum Gasteiger partial charge on any atom is -0.388 e. The third-order valence-electron chi connectivity index (χ3n) is 7.14. The van der Waals surface area contributed by atoms with Gasteiger partial charge in [-0.2, -0.15) is 10.2 Å². The first-order valence-electron chi connectivity index (χ1n) is 11.9. The molecule has 1 saturated heterocycles. The van der Waals surface area contributed by atoms with E-state index in [0.29, 0.717) is 50.3 Å². The zero-order valence-corrected chi connectivity index (χ0v) is 19.5. The summed E-state index contributed by atoms with van der Waals surface area (Å²) in [6, 6.07) is 5.82. The van der Waals surface area contributed by atoms with Crippen LogP contribution in [0.4, 0.5) is 9.18 Å². The molecule has 2 N–H and O–H groups in total. The fraction of sp³-hybridized carbons (Fsp3) is 0.375. The van der Waals surface area contributed by atoms with Gasteiger partial charge in [-0.1, -0.05) is 0 Å². The van der Waals surface area contributed by atoms with Crippen molar-refractivity contribution in [3.05, 3.63) is 70.4 Å². The largest absolute Gasteiger partial charge is 0.388 e. The second-order valence-electron chi connectivity index (χ2n) is 9.49. The normalized spacial score (nSPS) is 17.4. The molecule has 5 heterocycles. The molecule has 2 amide bonds. The third kappa shape index (κ3) is 3.92. The lowest BCUT2D eigenvalue weighted by Crippen LogP contribution is -2.53. The van der Waals surface area contributed by atoms with Gasteiger partial charge in [-0.3, -0.25) is 14.5 Å². The Morgan fingerprint density at radius 3 is 2.67 bits per heavy atom. The number of imidazole rings is 1. The number of piperidine rings is 1. The smallest absolute Gasteiger partial charge is 0.320 e. The summed E-state index contributed by atoms with van der Waals surface area (Å²) in [5.41, 5.74) is 1.95. The van der Waals surface area contributed by atoms with Crippen LogP contribution in [0, 0.1) is 5.82 Å². The fourth-order valence-electron chi connectivity index (χ4n) is 5.00. The van der Waals surface area contributed by atoms with Crippen molar-refractivity contribution in [3.63, 3.8) is 0 Å². The van der Waals surface area contributed by atoms with Crippen LogP contribution in [0.1, 0.15) is 24.1 Å². The third-order valence-corrected chi connectivity index (χ3v) is 7.14. The lowest BCUT2D eigenvalue weighted by atomic mass is 9.91. The molecule has 11 nitrogen and oxygen atoms in total. The van der Waals surface area contributed by atoms with Crippen molar-refractivity contribution in [1.82, 2.24) is 39.2 Å². The standard InChI is InChI=1S/C24H25FN8O3/c25-18-3-1-16(2-4-18)20-12-26-21-22(34)32(15-28-33(20)21)14-24(36)6-9-30(10-7-24)23(35)31-8-5-17-11-27-29-19(17)13-31/h1-4,11-12,15,36H,5-10,13-14H2,(H,27,29). The fourth-order valence-corrected chi connectivity index (χ4v) is 5.00. The topological polar surface area (TPSA) is 125 Å². The van der Waals surface area contributed by atoms with E-state index in [0.717, 1.165) is 17.7 Å². The Morgan fingerprint density at radius 1 is 1.11 bits per heavy atom. The Balaban J connectivity index is 1.14. The van der Waals surface area contributed by atoms with E-state index in [9.17, 15) is 19.1 Å². The predicted octanol–water partition coefficient (Wildman–Crippen LogP) is 1.43. The number of nitrogens with zero attached hydrogens (tertiary/aromatic N) is 7. The highest BCUT2D eigenvalue weighted by Crippen LogP contribution is 2.26. The van der Waals surface area contributed by atoms with Gasteiger partial charge < -0.3 is 14.9 Å². The summed E-state index contributed by atoms with van der Waals surface area (Å²) in [7, 11) is 0. The molecule has 1 aromatic carbocycles. The molecule has 0 atom stereocenters. The van der Waals surface area contributed by atoms with E-state index in [4.69, 9.17) is 0 Å². The summed E-state index contributed by atoms with van der Waals surface area (Å²) in [6.07, 6.45) is 6.16. The zero-order chi connectivity index (χ0) is 24.9. The van der Waals surface area contributed by atoms with Gasteiger partial charge in [0.15, 0.2) is 0 Å². The maximum absolute atomic E-state index is 13.3. The van der Waals surface area contributed by atoms with Crippen LogP contribution >= 0.6 is 0 Å². The number of carbonyl (C=O) groups excluding carboxylic acids is 1. The van der Waals surface area contributed by atoms with Crippen molar-refractivity contribution in [2.45, 2.75) is 38.0 Å². The van der Waals surface area contributed by atoms with Crippen LogP contribution in [0.5, 0.6) is 0 Å². The van der Waals surface area contributed by atoms with Crippen LogP contribution < -0.4 is 5.56 Å². The molecule has 6 rings (SSSR count). The molecule has 0 saturated carbocycles. The van der Waals surface area contributed by atoms with Gasteiger partial charge in [0.1, 0.15) is 12.1 Å². The number of hydrogen-bond donors (Lipinski definition) is 2. The number of benzene rings is 1. The van der Waals surface area contributed by atoms with Gasteiger partial charge in [0.2, 0.25) is 5.65 Å². The molecule has 0 radical (unpaired) electrons. The van der Waals surface area contributed by atoms with Crippen molar-refractivity contribution in [3.8, 4) is 11.3 Å². The maximum Gasteiger partial charge on any atom is 0.320 e. The average Bonchev–Trinajstić information content (AvgIpc) is 3.53. The van der Waals surface area contributed by atoms with E-state index in [-0.39, 0.29) is 29.6 Å². The Kier molecular flexibility index (Phi) is 5.32. The van der Waals surface area contributed by atoms with Crippen molar-refractivity contribution in [2.24, 2.45) is 0 Å². The van der Waals surface area contributed by atoms with Crippen LogP contribution in [0.15, 0.2) is 47.8 Å². The molecule has 2 aliphatic rings. The Labute approximate surface area is 204 Å². The number of aromatic amines is 1. The number of halogens is 1. The van der Waals surface area contributed by atoms with Crippen LogP contribution in [0.2, 0.25) is 0 Å². The van der Waals surface area contributed by atoms with Gasteiger partial charge in [0, 0.05) is 25.2 Å². The lowest BCUT2D eigenvalue weighted by Gasteiger charge is -2.40. The number of nitrogens with one attached hydrogen (secondary N) is 1. The number of carbonyl (C=O) groups is 1. The molecule has 0 bridgehead atoms. The van der Waals surface area contributed by atoms with E-state index in [1.807, 2.05) is 0 Å². The molecular weight excluding hydrogens is 467 g/mol. The van der Waals surface area contributed by atoms with Crippen LogP contribution in [-0.4, -0.2) is 75.5 Å². The van der Waals surface area contributed by atoms with E-state index in [1.54, 1.807) is 28.1 Å². The van der Waals surface area contributed by atoms with Crippen LogP contribution in [-0.2, 0) is 19.5 Å². The van der Waals surface area contributed by atoms with Gasteiger partial charge in [-0.05, 0) is 49.1 Å². The summed E-state index contributed by atoms with van der Waals surface area (Å²) in [5, 5.41) is 22.6. The van der Waals surface area contributed by atoms with Crippen molar-refractivity contribution < 1.29 is 14.3 Å². The van der Waals surface area contributed by atoms with Crippen molar-refractivity contribution >= 4 is 11.7 Å². The van der Waals surface area contributed by atoms with Gasteiger partial charge in [-0.15, -0.1) is 0 Å². The van der Waals surface area contributed by atoms with E-state index in [2.05, 4.69) is 20.3 Å². The molecule has 36 heavy (non-hydrogen) atoms. The number of H-pyrrole nitrogens is 1. The first-order chi connectivity index (χ1) is 17.4. The van der Waals surface area contributed by atoms with Crippen molar-refractivity contribution in [2.75, 3.05) is 19.6 Å². The number of likely N-dealkylation sites (tertiary alicyclic amines) is 1. The Bertz CT molecular complexity index is 1480. The second kappa shape index (κ2) is 8.55. The first-order valence-corrected chi connectivity index (χ1v) is 11.9. The number of hydrogen-bond acceptors (Lipinski definition) is 6. The Morgan fingerprint density at radius 2 is 1.89 bits per heavy atom. The average molecular weight is 493 g/mol. The minimum atomic E-state index is -1.15. The maximum atomic E-state index is 13.3. The molecule has 0 aliphatic carbocycles. The number of rotatable bonds is 3. The molecule has 0 spiro atoms. The number of urea groups is 1. The summed E-state index contributed by atoms with van der Waals surface area (Å²) in [6.45, 7) is 1.98. The van der Waals surface area contributed by atoms with Gasteiger partial charge >= 0.3 is 6.03 Å². The molecule has 2 aliphatic heterocycles. The van der Waals surface area contributed by atoms with Crippen molar-refractivity contribution in [1.29, 1.82) is 0 Å². The van der Waals surface area contributed by atoms with E-state index < -0.39 is 5.60 Å². The predicted molar refractivity (Wildman–Crippen MR) is 126 cm³/mol. The molecular formula is C24H25FN8O3. The number of aromatic nitrogens is 6. The minimum absolute atomic E-state index is 0.0525. The first kappa shape index (κ1) is 22.4. The van der Waals surface area contributed by atoms with Crippen LogP contribution in [0.3, 0.4) is 0 Å². The highest BCUT2D eigenvalue weighted by atomic mass is 19.1. The number of amides is 2. The molecule has 3 aromatic heterocycles. The number of aliphatic hydroxyl groups is 1.